The number of carbonyl (C=O) groups excluding carboxylic acids is 2. The molecule has 0 unspecified atom stereocenters. The Balaban J connectivity index is 1.53. The molecule has 3 N–H and O–H groups in total. The Morgan fingerprint density at radius 2 is 1.46 bits per heavy atom. The summed E-state index contributed by atoms with van der Waals surface area (Å²) in [6.45, 7) is 0. The van der Waals surface area contributed by atoms with Crippen molar-refractivity contribution in [2.24, 2.45) is 0 Å². The number of benzene rings is 2. The van der Waals surface area contributed by atoms with Crippen LogP contribution in [0.3, 0.4) is 0 Å². The SMILES string of the molecule is O=C(NNC(=S)NC(=O)c1ccco1)c1ccc(-c2ccccc2)cc1. The summed E-state index contributed by atoms with van der Waals surface area (Å²) < 4.78 is 4.95. The number of hydrogen-bond donors (Lipinski definition) is 3. The van der Waals surface area contributed by atoms with Crippen LogP contribution in [0.1, 0.15) is 20.9 Å². The fourth-order valence-corrected chi connectivity index (χ4v) is 2.38. The van der Waals surface area contributed by atoms with Gasteiger partial charge in [-0.25, -0.2) is 0 Å². The molecule has 0 bridgehead atoms. The smallest absolute Gasteiger partial charge is 0.293 e. The summed E-state index contributed by atoms with van der Waals surface area (Å²) in [4.78, 5) is 23.9. The third-order valence-corrected chi connectivity index (χ3v) is 3.72. The maximum atomic E-state index is 12.1. The molecule has 0 radical (unpaired) electrons. The molecule has 0 atom stereocenters. The lowest BCUT2D eigenvalue weighted by atomic mass is 10.0. The minimum Gasteiger partial charge on any atom is -0.459 e. The largest absolute Gasteiger partial charge is 0.459 e. The second kappa shape index (κ2) is 8.09. The highest BCUT2D eigenvalue weighted by Crippen LogP contribution is 2.19. The number of hydrogen-bond acceptors (Lipinski definition) is 4. The summed E-state index contributed by atoms with van der Waals surface area (Å²) in [7, 11) is 0. The molecule has 0 aliphatic heterocycles. The molecule has 3 aromatic rings. The van der Waals surface area contributed by atoms with Crippen LogP contribution in [0.25, 0.3) is 11.1 Å². The van der Waals surface area contributed by atoms with Gasteiger partial charge in [0.2, 0.25) is 0 Å². The van der Waals surface area contributed by atoms with Crippen molar-refractivity contribution in [3.05, 3.63) is 84.3 Å². The molecule has 6 nitrogen and oxygen atoms in total. The third kappa shape index (κ3) is 4.34. The number of nitrogens with one attached hydrogen (secondary N) is 3. The van der Waals surface area contributed by atoms with Crippen LogP contribution >= 0.6 is 12.2 Å². The van der Waals surface area contributed by atoms with Gasteiger partial charge in [-0.2, -0.15) is 0 Å². The highest BCUT2D eigenvalue weighted by atomic mass is 32.1. The maximum absolute atomic E-state index is 12.1. The van der Waals surface area contributed by atoms with Crippen LogP contribution in [0, 0.1) is 0 Å². The first kappa shape index (κ1) is 17.4. The number of thiocarbonyl (C=S) groups is 1. The Kier molecular flexibility index (Phi) is 5.40. The standard InChI is InChI=1S/C19H15N3O3S/c23-17(21-22-19(26)20-18(24)16-7-4-12-25-16)15-10-8-14(9-11-15)13-5-2-1-3-6-13/h1-12H,(H,21,23)(H2,20,22,24,26). The van der Waals surface area contributed by atoms with E-state index in [0.717, 1.165) is 11.1 Å². The maximum Gasteiger partial charge on any atom is 0.293 e. The number of amides is 2. The second-order valence-electron chi connectivity index (χ2n) is 5.28. The molecule has 2 aromatic carbocycles. The molecule has 26 heavy (non-hydrogen) atoms. The summed E-state index contributed by atoms with van der Waals surface area (Å²) in [5.74, 6) is -0.759. The monoisotopic (exact) mass is 365 g/mol. The molecule has 3 rings (SSSR count). The van der Waals surface area contributed by atoms with Gasteiger partial charge in [0, 0.05) is 5.56 Å². The molecule has 0 saturated heterocycles. The van der Waals surface area contributed by atoms with Gasteiger partial charge in [0.15, 0.2) is 10.9 Å². The molecule has 2 amide bonds. The molecule has 130 valence electrons. The van der Waals surface area contributed by atoms with Crippen molar-refractivity contribution < 1.29 is 14.0 Å². The van der Waals surface area contributed by atoms with E-state index in [1.165, 1.54) is 12.3 Å². The van der Waals surface area contributed by atoms with Crippen molar-refractivity contribution in [2.75, 3.05) is 0 Å². The summed E-state index contributed by atoms with van der Waals surface area (Å²) in [5, 5.41) is 2.35. The zero-order valence-corrected chi connectivity index (χ0v) is 14.4. The van der Waals surface area contributed by atoms with Crippen LogP contribution in [0.5, 0.6) is 0 Å². The predicted molar refractivity (Wildman–Crippen MR) is 101 cm³/mol. The topological polar surface area (TPSA) is 83.4 Å². The first-order valence-electron chi connectivity index (χ1n) is 7.74. The Morgan fingerprint density at radius 3 is 2.12 bits per heavy atom. The van der Waals surface area contributed by atoms with Gasteiger partial charge in [-0.15, -0.1) is 0 Å². The van der Waals surface area contributed by atoms with Gasteiger partial charge >= 0.3 is 0 Å². The molecular weight excluding hydrogens is 350 g/mol. The highest BCUT2D eigenvalue weighted by Gasteiger charge is 2.11. The van der Waals surface area contributed by atoms with Crippen molar-refractivity contribution >= 4 is 29.1 Å². The predicted octanol–water partition coefficient (Wildman–Crippen LogP) is 2.90. The van der Waals surface area contributed by atoms with Crippen LogP contribution < -0.4 is 16.2 Å². The molecule has 0 saturated carbocycles. The summed E-state index contributed by atoms with van der Waals surface area (Å²) >= 11 is 4.96. The van der Waals surface area contributed by atoms with Gasteiger partial charge in [0.05, 0.1) is 6.26 Å². The van der Waals surface area contributed by atoms with Crippen molar-refractivity contribution in [3.8, 4) is 11.1 Å². The summed E-state index contributed by atoms with van der Waals surface area (Å²) in [6, 6.07) is 20.1. The van der Waals surface area contributed by atoms with E-state index in [2.05, 4.69) is 16.2 Å². The summed E-state index contributed by atoms with van der Waals surface area (Å²) in [6.07, 6.45) is 1.38. The third-order valence-electron chi connectivity index (χ3n) is 3.52. The fraction of sp³-hybridized carbons (Fsp3) is 0. The molecule has 0 spiro atoms. The van der Waals surface area contributed by atoms with Crippen molar-refractivity contribution in [1.29, 1.82) is 0 Å². The normalized spacial score (nSPS) is 10.0. The zero-order valence-electron chi connectivity index (χ0n) is 13.6. The van der Waals surface area contributed by atoms with Gasteiger partial charge in [0.25, 0.3) is 11.8 Å². The Bertz CT molecular complexity index is 907. The Hall–Kier alpha value is -3.45. The van der Waals surface area contributed by atoms with Gasteiger partial charge in [-0.3, -0.25) is 25.8 Å². The van der Waals surface area contributed by atoms with Crippen molar-refractivity contribution in [2.45, 2.75) is 0 Å². The van der Waals surface area contributed by atoms with Crippen molar-refractivity contribution in [3.63, 3.8) is 0 Å². The highest BCUT2D eigenvalue weighted by molar-refractivity contribution is 7.80. The first-order chi connectivity index (χ1) is 12.6. The number of carbonyl (C=O) groups is 2. The molecule has 7 heteroatoms. The Labute approximate surface area is 155 Å². The lowest BCUT2D eigenvalue weighted by Gasteiger charge is -2.10. The van der Waals surface area contributed by atoms with Crippen LogP contribution in [0.2, 0.25) is 0 Å². The minimum absolute atomic E-state index is 0.0411. The number of hydrazine groups is 1. The molecule has 1 aromatic heterocycles. The average Bonchev–Trinajstić information content (AvgIpc) is 3.22. The van der Waals surface area contributed by atoms with E-state index in [1.54, 1.807) is 18.2 Å². The number of furan rings is 1. The van der Waals surface area contributed by atoms with E-state index in [1.807, 2.05) is 42.5 Å². The van der Waals surface area contributed by atoms with E-state index in [-0.39, 0.29) is 16.8 Å². The molecule has 0 aliphatic rings. The summed E-state index contributed by atoms with van der Waals surface area (Å²) in [5.41, 5.74) is 7.45. The fourth-order valence-electron chi connectivity index (χ4n) is 2.23. The van der Waals surface area contributed by atoms with E-state index < -0.39 is 5.91 Å². The lowest BCUT2D eigenvalue weighted by Crippen LogP contribution is -2.48. The average molecular weight is 365 g/mol. The van der Waals surface area contributed by atoms with E-state index >= 15 is 0 Å². The van der Waals surface area contributed by atoms with Gasteiger partial charge in [-0.05, 0) is 47.6 Å². The van der Waals surface area contributed by atoms with E-state index in [4.69, 9.17) is 16.6 Å². The lowest BCUT2D eigenvalue weighted by molar-refractivity contribution is 0.0927. The second-order valence-corrected chi connectivity index (χ2v) is 5.69. The zero-order chi connectivity index (χ0) is 18.4. The first-order valence-corrected chi connectivity index (χ1v) is 8.15. The van der Waals surface area contributed by atoms with Crippen LogP contribution in [0.4, 0.5) is 0 Å². The molecule has 0 aliphatic carbocycles. The molecule has 0 fully saturated rings. The Morgan fingerprint density at radius 1 is 0.769 bits per heavy atom. The van der Waals surface area contributed by atoms with Crippen LogP contribution in [0.15, 0.2) is 77.4 Å². The van der Waals surface area contributed by atoms with Gasteiger partial charge in [0.1, 0.15) is 0 Å². The van der Waals surface area contributed by atoms with E-state index in [9.17, 15) is 9.59 Å². The number of rotatable bonds is 3. The van der Waals surface area contributed by atoms with Gasteiger partial charge in [-0.1, -0.05) is 42.5 Å². The minimum atomic E-state index is -0.506. The van der Waals surface area contributed by atoms with Crippen LogP contribution in [-0.2, 0) is 0 Å². The van der Waals surface area contributed by atoms with E-state index in [0.29, 0.717) is 5.56 Å². The van der Waals surface area contributed by atoms with Gasteiger partial charge < -0.3 is 4.42 Å². The molecule has 1 heterocycles. The molecular formula is C19H15N3O3S. The quantitative estimate of drug-likeness (QED) is 0.491. The van der Waals surface area contributed by atoms with Crippen LogP contribution in [-0.4, -0.2) is 16.9 Å². The van der Waals surface area contributed by atoms with Crippen molar-refractivity contribution in [1.82, 2.24) is 16.2 Å².